The van der Waals surface area contributed by atoms with Gasteiger partial charge >= 0.3 is 0 Å². The number of aryl methyl sites for hydroxylation is 1. The number of methoxy groups -OCH3 is 1. The SMILES string of the molecule is COc1cc(CNC(=O)c2ccc([N+](=O)[O-])c(C)c2)ccn1. The zero-order chi connectivity index (χ0) is 16.1. The Balaban J connectivity index is 2.06. The third-order valence-corrected chi connectivity index (χ3v) is 3.12. The van der Waals surface area contributed by atoms with Gasteiger partial charge in [-0.15, -0.1) is 0 Å². The summed E-state index contributed by atoms with van der Waals surface area (Å²) in [5, 5.41) is 13.5. The molecule has 1 N–H and O–H groups in total. The molecule has 1 aromatic carbocycles. The van der Waals surface area contributed by atoms with Crippen molar-refractivity contribution >= 4 is 11.6 Å². The number of nitro groups is 1. The molecule has 7 heteroatoms. The minimum Gasteiger partial charge on any atom is -0.481 e. The van der Waals surface area contributed by atoms with E-state index in [4.69, 9.17) is 4.74 Å². The first-order chi connectivity index (χ1) is 10.5. The van der Waals surface area contributed by atoms with E-state index in [-0.39, 0.29) is 11.6 Å². The van der Waals surface area contributed by atoms with Crippen LogP contribution in [0.15, 0.2) is 36.5 Å². The highest BCUT2D eigenvalue weighted by molar-refractivity contribution is 5.94. The Morgan fingerprint density at radius 2 is 2.14 bits per heavy atom. The normalized spacial score (nSPS) is 10.1. The van der Waals surface area contributed by atoms with E-state index >= 15 is 0 Å². The van der Waals surface area contributed by atoms with Crippen molar-refractivity contribution in [2.24, 2.45) is 0 Å². The van der Waals surface area contributed by atoms with Crippen molar-refractivity contribution < 1.29 is 14.5 Å². The highest BCUT2D eigenvalue weighted by Crippen LogP contribution is 2.18. The molecule has 2 rings (SSSR count). The molecule has 0 unspecified atom stereocenters. The Labute approximate surface area is 127 Å². The number of amides is 1. The Morgan fingerprint density at radius 1 is 1.36 bits per heavy atom. The molecule has 1 heterocycles. The zero-order valence-corrected chi connectivity index (χ0v) is 12.2. The van der Waals surface area contributed by atoms with Crippen molar-refractivity contribution in [1.29, 1.82) is 0 Å². The van der Waals surface area contributed by atoms with Crippen LogP contribution in [-0.4, -0.2) is 22.9 Å². The number of pyridine rings is 1. The summed E-state index contributed by atoms with van der Waals surface area (Å²) in [6.07, 6.45) is 1.59. The van der Waals surface area contributed by atoms with E-state index in [0.29, 0.717) is 23.6 Å². The van der Waals surface area contributed by atoms with Crippen LogP contribution in [0.5, 0.6) is 5.88 Å². The predicted octanol–water partition coefficient (Wildman–Crippen LogP) is 2.24. The van der Waals surface area contributed by atoms with E-state index < -0.39 is 4.92 Å². The fraction of sp³-hybridized carbons (Fsp3) is 0.200. The lowest BCUT2D eigenvalue weighted by atomic mass is 10.1. The van der Waals surface area contributed by atoms with Crippen molar-refractivity contribution in [2.45, 2.75) is 13.5 Å². The number of ether oxygens (including phenoxy) is 1. The summed E-state index contributed by atoms with van der Waals surface area (Å²) in [5.74, 6) is 0.173. The van der Waals surface area contributed by atoms with Gasteiger partial charge in [-0.1, -0.05) is 0 Å². The van der Waals surface area contributed by atoms with E-state index in [0.717, 1.165) is 5.56 Å². The summed E-state index contributed by atoms with van der Waals surface area (Å²) >= 11 is 0. The van der Waals surface area contributed by atoms with Crippen molar-refractivity contribution in [3.63, 3.8) is 0 Å². The topological polar surface area (TPSA) is 94.4 Å². The lowest BCUT2D eigenvalue weighted by Crippen LogP contribution is -2.23. The van der Waals surface area contributed by atoms with Gasteiger partial charge in [0.1, 0.15) is 0 Å². The molecular formula is C15H15N3O4. The van der Waals surface area contributed by atoms with E-state index in [1.54, 1.807) is 25.3 Å². The summed E-state index contributed by atoms with van der Waals surface area (Å²) in [4.78, 5) is 26.3. The first-order valence-corrected chi connectivity index (χ1v) is 6.53. The van der Waals surface area contributed by atoms with Crippen molar-refractivity contribution in [1.82, 2.24) is 10.3 Å². The highest BCUT2D eigenvalue weighted by Gasteiger charge is 2.13. The van der Waals surface area contributed by atoms with E-state index in [2.05, 4.69) is 10.3 Å². The maximum Gasteiger partial charge on any atom is 0.272 e. The number of rotatable bonds is 5. The van der Waals surface area contributed by atoms with Crippen LogP contribution in [0.3, 0.4) is 0 Å². The lowest BCUT2D eigenvalue weighted by Gasteiger charge is -2.07. The predicted molar refractivity (Wildman–Crippen MR) is 79.8 cm³/mol. The standard InChI is InChI=1S/C15H15N3O4/c1-10-7-12(3-4-13(10)18(20)21)15(19)17-9-11-5-6-16-14(8-11)22-2/h3-8H,9H2,1-2H3,(H,17,19). The van der Waals surface area contributed by atoms with Crippen LogP contribution in [0.25, 0.3) is 0 Å². The molecule has 0 saturated carbocycles. The summed E-state index contributed by atoms with van der Waals surface area (Å²) in [5.41, 5.74) is 1.67. The largest absolute Gasteiger partial charge is 0.481 e. The molecule has 2 aromatic rings. The molecule has 0 radical (unpaired) electrons. The summed E-state index contributed by atoms with van der Waals surface area (Å²) in [6.45, 7) is 1.91. The zero-order valence-electron chi connectivity index (χ0n) is 12.2. The van der Waals surface area contributed by atoms with Crippen LogP contribution in [0.4, 0.5) is 5.69 Å². The van der Waals surface area contributed by atoms with Crippen molar-refractivity contribution in [2.75, 3.05) is 7.11 Å². The van der Waals surface area contributed by atoms with Crippen molar-refractivity contribution in [3.05, 3.63) is 63.3 Å². The van der Waals surface area contributed by atoms with Crippen molar-refractivity contribution in [3.8, 4) is 5.88 Å². The molecule has 0 saturated heterocycles. The summed E-state index contributed by atoms with van der Waals surface area (Å²) in [6, 6.07) is 7.76. The fourth-order valence-electron chi connectivity index (χ4n) is 1.96. The van der Waals surface area contributed by atoms with E-state index in [9.17, 15) is 14.9 Å². The van der Waals surface area contributed by atoms with Gasteiger partial charge in [0.05, 0.1) is 12.0 Å². The lowest BCUT2D eigenvalue weighted by molar-refractivity contribution is -0.385. The van der Waals surface area contributed by atoms with Gasteiger partial charge in [0.15, 0.2) is 0 Å². The van der Waals surface area contributed by atoms with Gasteiger partial charge in [0.2, 0.25) is 5.88 Å². The fourth-order valence-corrected chi connectivity index (χ4v) is 1.96. The van der Waals surface area contributed by atoms with Gasteiger partial charge in [0.25, 0.3) is 11.6 Å². The highest BCUT2D eigenvalue weighted by atomic mass is 16.6. The van der Waals surface area contributed by atoms with Gasteiger partial charge in [-0.3, -0.25) is 14.9 Å². The summed E-state index contributed by atoms with van der Waals surface area (Å²) in [7, 11) is 1.52. The Morgan fingerprint density at radius 3 is 2.77 bits per heavy atom. The second-order valence-corrected chi connectivity index (χ2v) is 4.65. The number of carbonyl (C=O) groups is 1. The average molecular weight is 301 g/mol. The first kappa shape index (κ1) is 15.4. The molecule has 0 aliphatic rings. The molecule has 1 amide bonds. The number of aromatic nitrogens is 1. The molecule has 0 atom stereocenters. The van der Waals surface area contributed by atoms with Crippen LogP contribution >= 0.6 is 0 Å². The number of nitrogens with zero attached hydrogens (tertiary/aromatic N) is 2. The summed E-state index contributed by atoms with van der Waals surface area (Å²) < 4.78 is 5.01. The molecule has 114 valence electrons. The van der Waals surface area contributed by atoms with E-state index in [1.807, 2.05) is 0 Å². The molecule has 0 fully saturated rings. The Kier molecular flexibility index (Phi) is 4.67. The maximum atomic E-state index is 12.1. The van der Waals surface area contributed by atoms with Gasteiger partial charge in [-0.2, -0.15) is 0 Å². The van der Waals surface area contributed by atoms with E-state index in [1.165, 1.54) is 25.3 Å². The second kappa shape index (κ2) is 6.66. The quantitative estimate of drug-likeness (QED) is 0.675. The molecule has 22 heavy (non-hydrogen) atoms. The molecule has 0 aliphatic carbocycles. The number of benzene rings is 1. The molecule has 0 bridgehead atoms. The average Bonchev–Trinajstić information content (AvgIpc) is 2.52. The number of carbonyl (C=O) groups excluding carboxylic acids is 1. The minimum absolute atomic E-state index is 0.00424. The third kappa shape index (κ3) is 3.57. The molecule has 7 nitrogen and oxygen atoms in total. The smallest absolute Gasteiger partial charge is 0.272 e. The number of hydrogen-bond donors (Lipinski definition) is 1. The molecule has 0 aliphatic heterocycles. The van der Waals surface area contributed by atoms with Gasteiger partial charge in [0, 0.05) is 36.0 Å². The Hall–Kier alpha value is -2.96. The number of hydrogen-bond acceptors (Lipinski definition) is 5. The van der Waals surface area contributed by atoms with Gasteiger partial charge in [-0.25, -0.2) is 4.98 Å². The molecule has 1 aromatic heterocycles. The maximum absolute atomic E-state index is 12.1. The number of nitro benzene ring substituents is 1. The first-order valence-electron chi connectivity index (χ1n) is 6.53. The van der Waals surface area contributed by atoms with Crippen LogP contribution in [-0.2, 0) is 6.54 Å². The molecular weight excluding hydrogens is 286 g/mol. The third-order valence-electron chi connectivity index (χ3n) is 3.12. The monoisotopic (exact) mass is 301 g/mol. The van der Waals surface area contributed by atoms with Gasteiger partial charge < -0.3 is 10.1 Å². The second-order valence-electron chi connectivity index (χ2n) is 4.65. The van der Waals surface area contributed by atoms with Crippen LogP contribution in [0.2, 0.25) is 0 Å². The van der Waals surface area contributed by atoms with Crippen LogP contribution in [0.1, 0.15) is 21.5 Å². The molecule has 0 spiro atoms. The van der Waals surface area contributed by atoms with Crippen LogP contribution < -0.4 is 10.1 Å². The Bertz CT molecular complexity index is 716. The van der Waals surface area contributed by atoms with Crippen LogP contribution in [0, 0.1) is 17.0 Å². The van der Waals surface area contributed by atoms with Gasteiger partial charge in [-0.05, 0) is 30.7 Å². The minimum atomic E-state index is -0.472. The number of nitrogens with one attached hydrogen (secondary N) is 1.